The maximum atomic E-state index is 13.1. The van der Waals surface area contributed by atoms with Gasteiger partial charge < -0.3 is 19.9 Å². The highest BCUT2D eigenvalue weighted by Crippen LogP contribution is 2.28. The van der Waals surface area contributed by atoms with E-state index in [0.29, 0.717) is 42.7 Å². The van der Waals surface area contributed by atoms with Crippen molar-refractivity contribution in [3.63, 3.8) is 0 Å². The fourth-order valence-corrected chi connectivity index (χ4v) is 4.74. The van der Waals surface area contributed by atoms with Crippen LogP contribution in [0, 0.1) is 0 Å². The van der Waals surface area contributed by atoms with Gasteiger partial charge in [0, 0.05) is 31.6 Å². The number of piperazine rings is 1. The van der Waals surface area contributed by atoms with Crippen LogP contribution >= 0.6 is 11.3 Å². The Hall–Kier alpha value is -3.99. The molecule has 2 aromatic carbocycles. The first kappa shape index (κ1) is 23.7. The summed E-state index contributed by atoms with van der Waals surface area (Å²) in [7, 11) is 0. The first-order valence-corrected chi connectivity index (χ1v) is 12.6. The van der Waals surface area contributed by atoms with Crippen LogP contribution in [0.15, 0.2) is 53.9 Å². The van der Waals surface area contributed by atoms with Crippen molar-refractivity contribution in [1.29, 1.82) is 0 Å². The number of hydrogen-bond donors (Lipinski definition) is 1. The predicted octanol–water partition coefficient (Wildman–Crippen LogP) is 4.19. The number of rotatable bonds is 4. The zero-order chi connectivity index (χ0) is 25.3. The van der Waals surface area contributed by atoms with Gasteiger partial charge in [0.25, 0.3) is 5.91 Å². The minimum absolute atomic E-state index is 0.303. The molecule has 10 nitrogen and oxygen atoms in total. The van der Waals surface area contributed by atoms with E-state index in [4.69, 9.17) is 4.74 Å². The molecule has 0 spiro atoms. The third kappa shape index (κ3) is 5.01. The highest BCUT2D eigenvalue weighted by atomic mass is 32.1. The van der Waals surface area contributed by atoms with Gasteiger partial charge in [0.1, 0.15) is 16.8 Å². The van der Waals surface area contributed by atoms with Gasteiger partial charge in [-0.05, 0) is 45.0 Å². The lowest BCUT2D eigenvalue weighted by Gasteiger charge is -2.37. The molecular formula is C25H27N7O3S. The Morgan fingerprint density at radius 1 is 1.00 bits per heavy atom. The number of anilines is 2. The number of ether oxygens (including phenoxy) is 1. The van der Waals surface area contributed by atoms with Crippen molar-refractivity contribution < 1.29 is 14.3 Å². The number of para-hydroxylation sites is 3. The van der Waals surface area contributed by atoms with E-state index in [9.17, 15) is 9.59 Å². The Kier molecular flexibility index (Phi) is 6.31. The maximum Gasteiger partial charge on any atom is 0.410 e. The average molecular weight is 506 g/mol. The zero-order valence-corrected chi connectivity index (χ0v) is 21.2. The molecule has 0 atom stereocenters. The molecule has 5 rings (SSSR count). The number of carbonyl (C=O) groups is 2. The number of hydrogen-bond acceptors (Lipinski definition) is 8. The molecule has 0 radical (unpaired) electrons. The number of amides is 2. The molecule has 4 aromatic rings. The van der Waals surface area contributed by atoms with Crippen LogP contribution in [0.2, 0.25) is 0 Å². The number of nitrogens with zero attached hydrogens (tertiary/aromatic N) is 6. The molecule has 2 amide bonds. The molecule has 0 unspecified atom stereocenters. The van der Waals surface area contributed by atoms with Gasteiger partial charge >= 0.3 is 6.09 Å². The SMILES string of the molecule is CC(C)(C)OC(=O)N1CCN(c2ccccc2NC(=O)c2csc(-n3nnc4ccccc43)n2)CC1. The van der Waals surface area contributed by atoms with Crippen LogP contribution in [0.3, 0.4) is 0 Å². The number of benzene rings is 2. The molecule has 1 aliphatic rings. The van der Waals surface area contributed by atoms with E-state index >= 15 is 0 Å². The molecular weight excluding hydrogens is 478 g/mol. The molecule has 11 heteroatoms. The molecule has 1 N–H and O–H groups in total. The van der Waals surface area contributed by atoms with Crippen molar-refractivity contribution in [2.45, 2.75) is 26.4 Å². The number of thiazole rings is 1. The van der Waals surface area contributed by atoms with E-state index in [1.165, 1.54) is 11.3 Å². The Balaban J connectivity index is 1.27. The van der Waals surface area contributed by atoms with Crippen LogP contribution in [-0.4, -0.2) is 68.7 Å². The summed E-state index contributed by atoms with van der Waals surface area (Å²) in [5, 5.41) is 13.6. The van der Waals surface area contributed by atoms with Crippen molar-refractivity contribution in [2.75, 3.05) is 36.4 Å². The van der Waals surface area contributed by atoms with Crippen molar-refractivity contribution in [3.8, 4) is 5.13 Å². The standard InChI is InChI=1S/C25H27N7O3S/c1-25(2,3)35-24(34)31-14-12-30(13-15-31)20-10-6-4-8-17(20)26-22(33)19-16-36-23(27-19)32-21-11-7-5-9-18(21)28-29-32/h4-11,16H,12-15H2,1-3H3,(H,26,33). The molecule has 1 aliphatic heterocycles. The van der Waals surface area contributed by atoms with Crippen molar-refractivity contribution in [1.82, 2.24) is 24.9 Å². The van der Waals surface area contributed by atoms with E-state index in [0.717, 1.165) is 16.7 Å². The summed E-state index contributed by atoms with van der Waals surface area (Å²) in [6.07, 6.45) is -0.303. The Morgan fingerprint density at radius 2 is 1.72 bits per heavy atom. The van der Waals surface area contributed by atoms with Crippen molar-refractivity contribution in [2.24, 2.45) is 0 Å². The third-order valence-electron chi connectivity index (χ3n) is 5.68. The second kappa shape index (κ2) is 9.57. The van der Waals surface area contributed by atoms with Crippen molar-refractivity contribution >= 4 is 45.7 Å². The highest BCUT2D eigenvalue weighted by Gasteiger charge is 2.27. The lowest BCUT2D eigenvalue weighted by atomic mass is 10.2. The average Bonchev–Trinajstić information content (AvgIpc) is 3.51. The fourth-order valence-electron chi connectivity index (χ4n) is 3.97. The van der Waals surface area contributed by atoms with Gasteiger partial charge in [0.2, 0.25) is 5.13 Å². The zero-order valence-electron chi connectivity index (χ0n) is 20.3. The Labute approximate surface area is 212 Å². The number of nitrogens with one attached hydrogen (secondary N) is 1. The number of fused-ring (bicyclic) bond motifs is 1. The lowest BCUT2D eigenvalue weighted by Crippen LogP contribution is -2.50. The van der Waals surface area contributed by atoms with Gasteiger partial charge in [-0.2, -0.15) is 4.68 Å². The molecule has 1 fully saturated rings. The molecule has 0 bridgehead atoms. The maximum absolute atomic E-state index is 13.1. The number of aromatic nitrogens is 4. The van der Waals surface area contributed by atoms with Crippen LogP contribution in [0.25, 0.3) is 16.2 Å². The van der Waals surface area contributed by atoms with Gasteiger partial charge in [-0.3, -0.25) is 4.79 Å². The monoisotopic (exact) mass is 505 g/mol. The molecule has 0 saturated carbocycles. The smallest absolute Gasteiger partial charge is 0.410 e. The summed E-state index contributed by atoms with van der Waals surface area (Å²) in [5.74, 6) is -0.304. The largest absolute Gasteiger partial charge is 0.444 e. The van der Waals surface area contributed by atoms with Gasteiger partial charge in [0.15, 0.2) is 0 Å². The predicted molar refractivity (Wildman–Crippen MR) is 139 cm³/mol. The summed E-state index contributed by atoms with van der Waals surface area (Å²) >= 11 is 1.33. The van der Waals surface area contributed by atoms with Gasteiger partial charge in [-0.15, -0.1) is 16.4 Å². The Bertz CT molecular complexity index is 1400. The fraction of sp³-hybridized carbons (Fsp3) is 0.320. The second-order valence-corrected chi connectivity index (χ2v) is 10.3. The minimum Gasteiger partial charge on any atom is -0.444 e. The van der Waals surface area contributed by atoms with Crippen LogP contribution in [0.5, 0.6) is 0 Å². The van der Waals surface area contributed by atoms with E-state index in [1.807, 2.05) is 69.3 Å². The van der Waals surface area contributed by atoms with Crippen LogP contribution in [-0.2, 0) is 4.74 Å². The summed E-state index contributed by atoms with van der Waals surface area (Å²) in [6, 6.07) is 15.2. The van der Waals surface area contributed by atoms with Crippen LogP contribution in [0.4, 0.5) is 16.2 Å². The van der Waals surface area contributed by atoms with Gasteiger partial charge in [-0.1, -0.05) is 29.5 Å². The van der Waals surface area contributed by atoms with Crippen LogP contribution < -0.4 is 10.2 Å². The molecule has 1 saturated heterocycles. The molecule has 36 heavy (non-hydrogen) atoms. The van der Waals surface area contributed by atoms with Gasteiger partial charge in [0.05, 0.1) is 16.9 Å². The minimum atomic E-state index is -0.526. The molecule has 186 valence electrons. The lowest BCUT2D eigenvalue weighted by molar-refractivity contribution is 0.0240. The topological polar surface area (TPSA) is 105 Å². The quantitative estimate of drug-likeness (QED) is 0.443. The second-order valence-electron chi connectivity index (χ2n) is 9.43. The summed E-state index contributed by atoms with van der Waals surface area (Å²) in [4.78, 5) is 33.8. The first-order chi connectivity index (χ1) is 17.3. The van der Waals surface area contributed by atoms with Gasteiger partial charge in [-0.25, -0.2) is 9.78 Å². The summed E-state index contributed by atoms with van der Waals surface area (Å²) in [6.45, 7) is 7.92. The number of carbonyl (C=O) groups excluding carboxylic acids is 2. The Morgan fingerprint density at radius 3 is 2.50 bits per heavy atom. The normalized spacial score (nSPS) is 14.2. The van der Waals surface area contributed by atoms with E-state index in [-0.39, 0.29) is 12.0 Å². The highest BCUT2D eigenvalue weighted by molar-refractivity contribution is 7.12. The van der Waals surface area contributed by atoms with Crippen LogP contribution in [0.1, 0.15) is 31.3 Å². The molecule has 3 heterocycles. The summed E-state index contributed by atoms with van der Waals surface area (Å²) in [5.41, 5.74) is 2.95. The van der Waals surface area contributed by atoms with E-state index in [2.05, 4.69) is 25.5 Å². The summed E-state index contributed by atoms with van der Waals surface area (Å²) < 4.78 is 7.13. The third-order valence-corrected chi connectivity index (χ3v) is 6.50. The van der Waals surface area contributed by atoms with Crippen molar-refractivity contribution in [3.05, 3.63) is 59.6 Å². The molecule has 0 aliphatic carbocycles. The van der Waals surface area contributed by atoms with E-state index in [1.54, 1.807) is 15.0 Å². The van der Waals surface area contributed by atoms with E-state index < -0.39 is 5.60 Å². The molecule has 2 aromatic heterocycles. The first-order valence-electron chi connectivity index (χ1n) is 11.7.